The highest BCUT2D eigenvalue weighted by Gasteiger charge is 2.35. The summed E-state index contributed by atoms with van der Waals surface area (Å²) in [6.45, 7) is 4.10. The maximum Gasteiger partial charge on any atom is 0.227 e. The Hall–Kier alpha value is -2.70. The van der Waals surface area contributed by atoms with Gasteiger partial charge in [-0.05, 0) is 38.1 Å². The summed E-state index contributed by atoms with van der Waals surface area (Å²) in [5, 5.41) is 7.24. The van der Waals surface area contributed by atoms with Crippen LogP contribution in [0, 0.1) is 18.7 Å². The minimum Gasteiger partial charge on any atom is -0.349 e. The fraction of sp³-hybridized carbons (Fsp3) is 0.389. The van der Waals surface area contributed by atoms with Crippen molar-refractivity contribution < 1.29 is 14.0 Å². The average Bonchev–Trinajstić information content (AvgIpc) is 3.10. The second kappa shape index (κ2) is 6.66. The number of benzene rings is 1. The van der Waals surface area contributed by atoms with Gasteiger partial charge >= 0.3 is 0 Å². The monoisotopic (exact) mass is 344 g/mol. The van der Waals surface area contributed by atoms with E-state index < -0.39 is 5.92 Å². The van der Waals surface area contributed by atoms with Crippen molar-refractivity contribution in [3.63, 3.8) is 0 Å². The van der Waals surface area contributed by atoms with Gasteiger partial charge in [-0.2, -0.15) is 5.10 Å². The van der Waals surface area contributed by atoms with Crippen molar-refractivity contribution in [3.05, 3.63) is 47.5 Å². The predicted octanol–water partition coefficient (Wildman–Crippen LogP) is 2.10. The topological polar surface area (TPSA) is 67.2 Å². The fourth-order valence-corrected chi connectivity index (χ4v) is 3.21. The lowest BCUT2D eigenvalue weighted by Gasteiger charge is -2.18. The summed E-state index contributed by atoms with van der Waals surface area (Å²) in [6, 6.07) is 5.53. The van der Waals surface area contributed by atoms with Gasteiger partial charge in [-0.15, -0.1) is 0 Å². The van der Waals surface area contributed by atoms with Gasteiger partial charge in [0.2, 0.25) is 11.8 Å². The molecule has 3 rings (SSSR count). The van der Waals surface area contributed by atoms with Crippen molar-refractivity contribution in [1.82, 2.24) is 15.1 Å². The van der Waals surface area contributed by atoms with E-state index in [-0.39, 0.29) is 30.1 Å². The van der Waals surface area contributed by atoms with Gasteiger partial charge in [0.1, 0.15) is 5.82 Å². The highest BCUT2D eigenvalue weighted by atomic mass is 19.1. The number of halogens is 1. The first-order valence-corrected chi connectivity index (χ1v) is 8.21. The predicted molar refractivity (Wildman–Crippen MR) is 91.4 cm³/mol. The van der Waals surface area contributed by atoms with Crippen molar-refractivity contribution in [3.8, 4) is 0 Å². The minimum atomic E-state index is -0.419. The summed E-state index contributed by atoms with van der Waals surface area (Å²) >= 11 is 0. The van der Waals surface area contributed by atoms with Gasteiger partial charge in [0, 0.05) is 37.5 Å². The largest absolute Gasteiger partial charge is 0.349 e. The second-order valence-electron chi connectivity index (χ2n) is 6.46. The van der Waals surface area contributed by atoms with Crippen molar-refractivity contribution >= 4 is 17.5 Å². The van der Waals surface area contributed by atoms with E-state index in [0.717, 1.165) is 11.3 Å². The maximum atomic E-state index is 13.0. The second-order valence-corrected chi connectivity index (χ2v) is 6.46. The third-order valence-corrected chi connectivity index (χ3v) is 4.51. The van der Waals surface area contributed by atoms with Crippen LogP contribution >= 0.6 is 0 Å². The Balaban J connectivity index is 1.66. The molecule has 0 aliphatic carbocycles. The van der Waals surface area contributed by atoms with Crippen molar-refractivity contribution in [2.24, 2.45) is 13.0 Å². The van der Waals surface area contributed by atoms with Crippen LogP contribution in [0.25, 0.3) is 0 Å². The Morgan fingerprint density at radius 3 is 2.64 bits per heavy atom. The Bertz CT molecular complexity index is 800. The molecule has 2 amide bonds. The summed E-state index contributed by atoms with van der Waals surface area (Å²) in [5.74, 6) is -1.06. The number of hydrogen-bond donors (Lipinski definition) is 1. The molecule has 132 valence electrons. The van der Waals surface area contributed by atoms with Crippen LogP contribution in [-0.4, -0.2) is 28.1 Å². The molecule has 0 spiro atoms. The normalized spacial score (nSPS) is 18.5. The molecule has 1 fully saturated rings. The highest BCUT2D eigenvalue weighted by Crippen LogP contribution is 2.26. The first kappa shape index (κ1) is 17.1. The lowest BCUT2D eigenvalue weighted by atomic mass is 10.1. The van der Waals surface area contributed by atoms with Crippen LogP contribution in [0.1, 0.15) is 30.6 Å². The van der Waals surface area contributed by atoms with E-state index in [1.54, 1.807) is 16.8 Å². The van der Waals surface area contributed by atoms with Crippen LogP contribution in [0.2, 0.25) is 0 Å². The number of aromatic nitrogens is 2. The number of nitrogens with zero attached hydrogens (tertiary/aromatic N) is 3. The molecule has 0 radical (unpaired) electrons. The molecule has 1 N–H and O–H groups in total. The molecule has 2 atom stereocenters. The lowest BCUT2D eigenvalue weighted by molar-refractivity contribution is -0.126. The number of carbonyl (C=O) groups is 2. The molecule has 2 unspecified atom stereocenters. The van der Waals surface area contributed by atoms with Crippen LogP contribution in [0.15, 0.2) is 30.5 Å². The molecule has 1 aliphatic heterocycles. The Morgan fingerprint density at radius 1 is 1.36 bits per heavy atom. The number of hydrogen-bond acceptors (Lipinski definition) is 3. The molecule has 25 heavy (non-hydrogen) atoms. The molecule has 0 saturated carbocycles. The van der Waals surface area contributed by atoms with Crippen LogP contribution in [0.5, 0.6) is 0 Å². The molecule has 0 bridgehead atoms. The fourth-order valence-electron chi connectivity index (χ4n) is 3.21. The van der Waals surface area contributed by atoms with E-state index in [1.807, 2.05) is 27.1 Å². The molecule has 7 heteroatoms. The molecular formula is C18H21FN4O2. The third-order valence-electron chi connectivity index (χ3n) is 4.51. The number of amides is 2. The number of rotatable bonds is 4. The smallest absolute Gasteiger partial charge is 0.227 e. The summed E-state index contributed by atoms with van der Waals surface area (Å²) in [5.41, 5.74) is 2.43. The van der Waals surface area contributed by atoms with Crippen molar-refractivity contribution in [1.29, 1.82) is 0 Å². The van der Waals surface area contributed by atoms with Crippen molar-refractivity contribution in [2.45, 2.75) is 26.3 Å². The summed E-state index contributed by atoms with van der Waals surface area (Å²) in [4.78, 5) is 26.3. The van der Waals surface area contributed by atoms with E-state index >= 15 is 0 Å². The number of carbonyl (C=O) groups excluding carboxylic acids is 2. The van der Waals surface area contributed by atoms with Crippen molar-refractivity contribution in [2.75, 3.05) is 11.4 Å². The highest BCUT2D eigenvalue weighted by molar-refractivity contribution is 6.00. The zero-order valence-electron chi connectivity index (χ0n) is 14.5. The molecule has 1 aliphatic rings. The minimum absolute atomic E-state index is 0.128. The Labute approximate surface area is 145 Å². The molecule has 1 aromatic carbocycles. The first-order valence-electron chi connectivity index (χ1n) is 8.21. The van der Waals surface area contributed by atoms with E-state index in [0.29, 0.717) is 12.2 Å². The van der Waals surface area contributed by atoms with Gasteiger partial charge in [0.25, 0.3) is 0 Å². The summed E-state index contributed by atoms with van der Waals surface area (Å²) in [6.07, 6.45) is 2.03. The summed E-state index contributed by atoms with van der Waals surface area (Å²) < 4.78 is 14.8. The molecule has 6 nitrogen and oxygen atoms in total. The summed E-state index contributed by atoms with van der Waals surface area (Å²) in [7, 11) is 1.83. The van der Waals surface area contributed by atoms with Gasteiger partial charge in [0.05, 0.1) is 17.7 Å². The van der Waals surface area contributed by atoms with Gasteiger partial charge in [-0.1, -0.05) is 0 Å². The Kier molecular flexibility index (Phi) is 4.57. The van der Waals surface area contributed by atoms with Gasteiger partial charge in [0.15, 0.2) is 0 Å². The van der Waals surface area contributed by atoms with E-state index in [1.165, 1.54) is 17.0 Å². The van der Waals surface area contributed by atoms with Gasteiger partial charge < -0.3 is 10.2 Å². The van der Waals surface area contributed by atoms with E-state index in [2.05, 4.69) is 10.4 Å². The number of aryl methyl sites for hydroxylation is 2. The lowest BCUT2D eigenvalue weighted by Crippen LogP contribution is -2.34. The zero-order chi connectivity index (χ0) is 18.1. The first-order chi connectivity index (χ1) is 11.8. The van der Waals surface area contributed by atoms with E-state index in [4.69, 9.17) is 0 Å². The SMILES string of the molecule is Cc1nn(C)cc1C(C)NC(=O)C1CC(=O)N(c2ccc(F)cc2)C1. The molecule has 2 aromatic rings. The Morgan fingerprint density at radius 2 is 2.04 bits per heavy atom. The third kappa shape index (κ3) is 3.55. The van der Waals surface area contributed by atoms with Crippen LogP contribution in [0.4, 0.5) is 10.1 Å². The van der Waals surface area contributed by atoms with Gasteiger partial charge in [-0.25, -0.2) is 4.39 Å². The molecule has 1 aromatic heterocycles. The molecule has 2 heterocycles. The van der Waals surface area contributed by atoms with E-state index in [9.17, 15) is 14.0 Å². The van der Waals surface area contributed by atoms with Crippen LogP contribution < -0.4 is 10.2 Å². The van der Waals surface area contributed by atoms with Crippen LogP contribution in [-0.2, 0) is 16.6 Å². The number of nitrogens with one attached hydrogen (secondary N) is 1. The average molecular weight is 344 g/mol. The number of anilines is 1. The van der Waals surface area contributed by atoms with Crippen LogP contribution in [0.3, 0.4) is 0 Å². The molecule has 1 saturated heterocycles. The van der Waals surface area contributed by atoms with Gasteiger partial charge in [-0.3, -0.25) is 14.3 Å². The quantitative estimate of drug-likeness (QED) is 0.924. The maximum absolute atomic E-state index is 13.0. The zero-order valence-corrected chi connectivity index (χ0v) is 14.5. The standard InChI is InChI=1S/C18H21FN4O2/c1-11(16-10-22(3)21-12(16)2)20-18(25)13-8-17(24)23(9-13)15-6-4-14(19)5-7-15/h4-7,10-11,13H,8-9H2,1-3H3,(H,20,25). The molecular weight excluding hydrogens is 323 g/mol.